The molecule has 0 bridgehead atoms. The summed E-state index contributed by atoms with van der Waals surface area (Å²) in [6.07, 6.45) is 6.78. The van der Waals surface area contributed by atoms with Crippen LogP contribution < -0.4 is 5.32 Å². The number of likely N-dealkylation sites (N-methyl/N-ethyl adjacent to an activating group) is 2. The summed E-state index contributed by atoms with van der Waals surface area (Å²) in [6, 6.07) is 0. The van der Waals surface area contributed by atoms with Crippen LogP contribution in [0.15, 0.2) is 0 Å². The van der Waals surface area contributed by atoms with Crippen molar-refractivity contribution in [2.75, 3.05) is 33.3 Å². The lowest BCUT2D eigenvalue weighted by Gasteiger charge is -2.34. The van der Waals surface area contributed by atoms with Crippen molar-refractivity contribution in [3.8, 4) is 0 Å². The highest BCUT2D eigenvalue weighted by Crippen LogP contribution is 2.24. The molecule has 0 aromatic heterocycles. The summed E-state index contributed by atoms with van der Waals surface area (Å²) >= 11 is 0. The number of hydrogen-bond acceptors (Lipinski definition) is 4. The average Bonchev–Trinajstić information content (AvgIpc) is 2.40. The standard InChI is InChI=1S/C16H32N2O2/c1-5-17-16(3,15(19)20-6-2)13-18(4)12-14-10-8-7-9-11-14/h14,17H,5-13H2,1-4H3. The van der Waals surface area contributed by atoms with Crippen molar-refractivity contribution in [1.29, 1.82) is 0 Å². The third kappa shape index (κ3) is 5.41. The normalized spacial score (nSPS) is 19.9. The second kappa shape index (κ2) is 8.63. The van der Waals surface area contributed by atoms with Gasteiger partial charge in [-0.3, -0.25) is 4.79 Å². The maximum absolute atomic E-state index is 12.2. The molecule has 4 nitrogen and oxygen atoms in total. The minimum Gasteiger partial charge on any atom is -0.465 e. The molecule has 1 atom stereocenters. The molecule has 0 aliphatic heterocycles. The smallest absolute Gasteiger partial charge is 0.327 e. The van der Waals surface area contributed by atoms with E-state index in [1.165, 1.54) is 32.1 Å². The van der Waals surface area contributed by atoms with Gasteiger partial charge in [-0.2, -0.15) is 0 Å². The van der Waals surface area contributed by atoms with Crippen molar-refractivity contribution in [2.24, 2.45) is 5.92 Å². The van der Waals surface area contributed by atoms with Crippen LogP contribution in [0, 0.1) is 5.92 Å². The Labute approximate surface area is 124 Å². The van der Waals surface area contributed by atoms with Gasteiger partial charge in [0.15, 0.2) is 0 Å². The molecule has 0 saturated heterocycles. The van der Waals surface area contributed by atoms with E-state index in [1.54, 1.807) is 0 Å². The fraction of sp³-hybridized carbons (Fsp3) is 0.938. The van der Waals surface area contributed by atoms with E-state index in [1.807, 2.05) is 20.8 Å². The molecule has 1 unspecified atom stereocenters. The van der Waals surface area contributed by atoms with Crippen molar-refractivity contribution in [1.82, 2.24) is 10.2 Å². The molecule has 1 saturated carbocycles. The van der Waals surface area contributed by atoms with E-state index in [2.05, 4.69) is 17.3 Å². The first-order valence-corrected chi connectivity index (χ1v) is 8.12. The summed E-state index contributed by atoms with van der Waals surface area (Å²) in [5.74, 6) is 0.652. The van der Waals surface area contributed by atoms with Crippen LogP contribution in [0.3, 0.4) is 0 Å². The monoisotopic (exact) mass is 284 g/mol. The van der Waals surface area contributed by atoms with E-state index in [0.29, 0.717) is 13.2 Å². The third-order valence-electron chi connectivity index (χ3n) is 4.17. The molecule has 0 radical (unpaired) electrons. The van der Waals surface area contributed by atoms with Crippen molar-refractivity contribution < 1.29 is 9.53 Å². The molecule has 0 aromatic rings. The Kier molecular flexibility index (Phi) is 7.52. The number of rotatable bonds is 8. The van der Waals surface area contributed by atoms with Gasteiger partial charge in [-0.15, -0.1) is 0 Å². The van der Waals surface area contributed by atoms with E-state index in [0.717, 1.165) is 19.0 Å². The van der Waals surface area contributed by atoms with Crippen molar-refractivity contribution in [3.63, 3.8) is 0 Å². The van der Waals surface area contributed by atoms with Crippen LogP contribution in [0.1, 0.15) is 52.9 Å². The fourth-order valence-corrected chi connectivity index (χ4v) is 3.29. The Morgan fingerprint density at radius 2 is 1.95 bits per heavy atom. The molecule has 0 heterocycles. The van der Waals surface area contributed by atoms with Crippen molar-refractivity contribution in [2.45, 2.75) is 58.4 Å². The zero-order valence-corrected chi connectivity index (χ0v) is 13.7. The minimum absolute atomic E-state index is 0.141. The van der Waals surface area contributed by atoms with E-state index in [4.69, 9.17) is 4.74 Å². The molecular formula is C16H32N2O2. The summed E-state index contributed by atoms with van der Waals surface area (Å²) in [5.41, 5.74) is -0.603. The van der Waals surface area contributed by atoms with Gasteiger partial charge in [0.25, 0.3) is 0 Å². The van der Waals surface area contributed by atoms with Crippen LogP contribution >= 0.6 is 0 Å². The first-order valence-electron chi connectivity index (χ1n) is 8.12. The number of nitrogens with zero attached hydrogens (tertiary/aromatic N) is 1. The SMILES string of the molecule is CCNC(C)(CN(C)CC1CCCCC1)C(=O)OCC. The lowest BCUT2D eigenvalue weighted by molar-refractivity contribution is -0.151. The van der Waals surface area contributed by atoms with E-state index in [9.17, 15) is 4.79 Å². The molecule has 0 spiro atoms. The number of esters is 1. The molecule has 1 N–H and O–H groups in total. The minimum atomic E-state index is -0.603. The first kappa shape index (κ1) is 17.4. The van der Waals surface area contributed by atoms with Gasteiger partial charge < -0.3 is 15.0 Å². The molecular weight excluding hydrogens is 252 g/mol. The largest absolute Gasteiger partial charge is 0.465 e. The maximum atomic E-state index is 12.2. The molecule has 118 valence electrons. The quantitative estimate of drug-likeness (QED) is 0.695. The molecule has 4 heteroatoms. The highest BCUT2D eigenvalue weighted by atomic mass is 16.5. The van der Waals surface area contributed by atoms with Gasteiger partial charge >= 0.3 is 5.97 Å². The molecule has 1 aliphatic carbocycles. The lowest BCUT2D eigenvalue weighted by Crippen LogP contribution is -2.57. The first-order chi connectivity index (χ1) is 9.51. The highest BCUT2D eigenvalue weighted by Gasteiger charge is 2.35. The average molecular weight is 284 g/mol. The fourth-order valence-electron chi connectivity index (χ4n) is 3.29. The molecule has 1 aliphatic rings. The van der Waals surface area contributed by atoms with E-state index < -0.39 is 5.54 Å². The summed E-state index contributed by atoms with van der Waals surface area (Å²) in [7, 11) is 2.11. The van der Waals surface area contributed by atoms with Gasteiger partial charge in [0, 0.05) is 13.1 Å². The second-order valence-electron chi connectivity index (χ2n) is 6.28. The number of ether oxygens (including phenoxy) is 1. The third-order valence-corrected chi connectivity index (χ3v) is 4.17. The van der Waals surface area contributed by atoms with Gasteiger partial charge in [-0.1, -0.05) is 26.2 Å². The highest BCUT2D eigenvalue weighted by molar-refractivity contribution is 5.80. The zero-order chi connectivity index (χ0) is 15.0. The lowest BCUT2D eigenvalue weighted by atomic mass is 9.88. The Balaban J connectivity index is 2.52. The summed E-state index contributed by atoms with van der Waals surface area (Å²) in [6.45, 7) is 8.83. The van der Waals surface area contributed by atoms with Gasteiger partial charge in [0.1, 0.15) is 5.54 Å². The summed E-state index contributed by atoms with van der Waals surface area (Å²) < 4.78 is 5.22. The molecule has 1 fully saturated rings. The molecule has 1 rings (SSSR count). The summed E-state index contributed by atoms with van der Waals surface area (Å²) in [4.78, 5) is 14.5. The summed E-state index contributed by atoms with van der Waals surface area (Å²) in [5, 5.41) is 3.30. The van der Waals surface area contributed by atoms with Crippen LogP contribution in [0.5, 0.6) is 0 Å². The molecule has 0 aromatic carbocycles. The molecule has 0 amide bonds. The van der Waals surface area contributed by atoms with E-state index >= 15 is 0 Å². The van der Waals surface area contributed by atoms with Crippen LogP contribution in [0.25, 0.3) is 0 Å². The van der Waals surface area contributed by atoms with Crippen LogP contribution in [-0.4, -0.2) is 49.7 Å². The Bertz CT molecular complexity index is 290. The predicted molar refractivity (Wildman–Crippen MR) is 82.8 cm³/mol. The Morgan fingerprint density at radius 3 is 2.50 bits per heavy atom. The second-order valence-corrected chi connectivity index (χ2v) is 6.28. The van der Waals surface area contributed by atoms with Crippen LogP contribution in [0.2, 0.25) is 0 Å². The number of carbonyl (C=O) groups is 1. The van der Waals surface area contributed by atoms with E-state index in [-0.39, 0.29) is 5.97 Å². The number of hydrogen-bond donors (Lipinski definition) is 1. The predicted octanol–water partition coefficient (Wildman–Crippen LogP) is 2.43. The van der Waals surface area contributed by atoms with Gasteiger partial charge in [-0.05, 0) is 46.2 Å². The van der Waals surface area contributed by atoms with Gasteiger partial charge in [-0.25, -0.2) is 0 Å². The van der Waals surface area contributed by atoms with Gasteiger partial charge in [0.05, 0.1) is 6.61 Å². The van der Waals surface area contributed by atoms with Crippen LogP contribution in [0.4, 0.5) is 0 Å². The Hall–Kier alpha value is -0.610. The van der Waals surface area contributed by atoms with Crippen LogP contribution in [-0.2, 0) is 9.53 Å². The van der Waals surface area contributed by atoms with Crippen molar-refractivity contribution in [3.05, 3.63) is 0 Å². The molecule has 20 heavy (non-hydrogen) atoms. The number of carbonyl (C=O) groups excluding carboxylic acids is 1. The topological polar surface area (TPSA) is 41.6 Å². The van der Waals surface area contributed by atoms with Crippen molar-refractivity contribution >= 4 is 5.97 Å². The zero-order valence-electron chi connectivity index (χ0n) is 13.7. The number of nitrogens with one attached hydrogen (secondary N) is 1. The van der Waals surface area contributed by atoms with Gasteiger partial charge in [0.2, 0.25) is 0 Å². The Morgan fingerprint density at radius 1 is 1.30 bits per heavy atom. The maximum Gasteiger partial charge on any atom is 0.327 e.